The molecule has 2 aromatic rings. The van der Waals surface area contributed by atoms with Crippen LogP contribution in [0.2, 0.25) is 5.02 Å². The van der Waals surface area contributed by atoms with E-state index in [2.05, 4.69) is 4.40 Å². The average molecular weight is 398 g/mol. The van der Waals surface area contributed by atoms with E-state index < -0.39 is 16.1 Å². The van der Waals surface area contributed by atoms with E-state index in [4.69, 9.17) is 21.1 Å². The third kappa shape index (κ3) is 4.64. The molecule has 25 heavy (non-hydrogen) atoms. The van der Waals surface area contributed by atoms with Crippen LogP contribution in [0.3, 0.4) is 0 Å². The van der Waals surface area contributed by atoms with Crippen molar-refractivity contribution in [3.63, 3.8) is 0 Å². The van der Waals surface area contributed by atoms with Gasteiger partial charge in [0.2, 0.25) is 0 Å². The topological polar surface area (TPSA) is 53.9 Å². The van der Waals surface area contributed by atoms with Crippen LogP contribution in [0.15, 0.2) is 40.1 Å². The normalized spacial score (nSPS) is 17.9. The molecule has 1 unspecified atom stereocenters. The summed E-state index contributed by atoms with van der Waals surface area (Å²) >= 11 is 6.31. The molecule has 2 heterocycles. The summed E-state index contributed by atoms with van der Waals surface area (Å²) in [5.74, 6) is 0. The summed E-state index contributed by atoms with van der Waals surface area (Å²) in [5.41, 5.74) is 2.39. The van der Waals surface area contributed by atoms with Gasteiger partial charge in [-0.2, -0.15) is 0 Å². The van der Waals surface area contributed by atoms with Gasteiger partial charge in [-0.05, 0) is 39.0 Å². The van der Waals surface area contributed by atoms with Gasteiger partial charge >= 0.3 is 0 Å². The second kappa shape index (κ2) is 7.78. The van der Waals surface area contributed by atoms with Crippen LogP contribution in [0, 0.1) is 0 Å². The molecule has 0 bridgehead atoms. The maximum atomic E-state index is 12.6. The van der Waals surface area contributed by atoms with Crippen LogP contribution in [-0.4, -0.2) is 28.2 Å². The maximum absolute atomic E-state index is 12.6. The highest BCUT2D eigenvalue weighted by molar-refractivity contribution is 7.91. The predicted molar refractivity (Wildman–Crippen MR) is 104 cm³/mol. The fraction of sp³-hybridized carbons (Fsp3) is 0.389. The number of thiophene rings is 1. The Balaban J connectivity index is 2.00. The molecule has 0 radical (unpaired) electrons. The van der Waals surface area contributed by atoms with Crippen molar-refractivity contribution in [1.82, 2.24) is 0 Å². The minimum absolute atomic E-state index is 0.326. The maximum Gasteiger partial charge on any atom is 0.193 e. The van der Waals surface area contributed by atoms with Crippen molar-refractivity contribution in [1.29, 1.82) is 0 Å². The standard InChI is InChI=1S/C18H20ClNO3S2/c1-18(2,3)25(21)20-16(12-5-4-6-14(19)9-12)13-10-15(24-11-13)17-22-7-8-23-17/h4-6,9-11,17H,7-8H2,1-3H3/b20-16+. The Kier molecular flexibility index (Phi) is 5.88. The van der Waals surface area contributed by atoms with Gasteiger partial charge in [-0.25, -0.2) is 0 Å². The van der Waals surface area contributed by atoms with E-state index in [9.17, 15) is 4.55 Å². The summed E-state index contributed by atoms with van der Waals surface area (Å²) in [5, 5.41) is 2.60. The Hall–Kier alpha value is -0.890. The fourth-order valence-electron chi connectivity index (χ4n) is 2.25. The third-order valence-corrected chi connectivity index (χ3v) is 6.13. The zero-order valence-electron chi connectivity index (χ0n) is 14.3. The summed E-state index contributed by atoms with van der Waals surface area (Å²) in [6, 6.07) is 9.41. The van der Waals surface area contributed by atoms with E-state index in [1.807, 2.05) is 56.5 Å². The molecule has 7 heteroatoms. The largest absolute Gasteiger partial charge is 0.591 e. The number of hydrogen-bond acceptors (Lipinski definition) is 5. The monoisotopic (exact) mass is 397 g/mol. The molecule has 134 valence electrons. The highest BCUT2D eigenvalue weighted by atomic mass is 35.5. The van der Waals surface area contributed by atoms with Gasteiger partial charge < -0.3 is 14.0 Å². The van der Waals surface area contributed by atoms with E-state index >= 15 is 0 Å². The van der Waals surface area contributed by atoms with Crippen molar-refractivity contribution in [2.45, 2.75) is 31.8 Å². The van der Waals surface area contributed by atoms with Crippen molar-refractivity contribution < 1.29 is 14.0 Å². The van der Waals surface area contributed by atoms with Crippen LogP contribution in [0.4, 0.5) is 0 Å². The average Bonchev–Trinajstić information content (AvgIpc) is 3.22. The molecule has 0 N–H and O–H groups in total. The molecule has 4 nitrogen and oxygen atoms in total. The van der Waals surface area contributed by atoms with E-state index in [-0.39, 0.29) is 6.29 Å². The number of nitrogens with zero attached hydrogens (tertiary/aromatic N) is 1. The van der Waals surface area contributed by atoms with Gasteiger partial charge in [-0.15, -0.1) is 11.3 Å². The molecule has 1 aromatic heterocycles. The Morgan fingerprint density at radius 2 is 1.96 bits per heavy atom. The molecule has 0 saturated carbocycles. The van der Waals surface area contributed by atoms with Crippen LogP contribution in [0.1, 0.15) is 43.1 Å². The highest BCUT2D eigenvalue weighted by Crippen LogP contribution is 2.31. The minimum Gasteiger partial charge on any atom is -0.591 e. The molecule has 0 aliphatic carbocycles. The van der Waals surface area contributed by atoms with Crippen LogP contribution in [-0.2, 0) is 20.8 Å². The van der Waals surface area contributed by atoms with E-state index in [1.54, 1.807) is 11.3 Å². The molecule has 0 spiro atoms. The van der Waals surface area contributed by atoms with Gasteiger partial charge in [0.05, 0.1) is 18.1 Å². The first-order valence-corrected chi connectivity index (χ1v) is 10.3. The van der Waals surface area contributed by atoms with Gasteiger partial charge in [0.25, 0.3) is 0 Å². The lowest BCUT2D eigenvalue weighted by Gasteiger charge is -2.19. The zero-order valence-corrected chi connectivity index (χ0v) is 16.7. The van der Waals surface area contributed by atoms with Gasteiger partial charge in [-0.3, -0.25) is 0 Å². The summed E-state index contributed by atoms with van der Waals surface area (Å²) in [4.78, 5) is 0.976. The summed E-state index contributed by atoms with van der Waals surface area (Å²) in [6.07, 6.45) is -0.326. The van der Waals surface area contributed by atoms with Crippen LogP contribution >= 0.6 is 22.9 Å². The van der Waals surface area contributed by atoms with Crippen molar-refractivity contribution in [2.75, 3.05) is 13.2 Å². The zero-order chi connectivity index (χ0) is 18.0. The first-order chi connectivity index (χ1) is 11.8. The summed E-state index contributed by atoms with van der Waals surface area (Å²) in [7, 11) is 0. The van der Waals surface area contributed by atoms with Gasteiger partial charge in [0, 0.05) is 21.5 Å². The summed E-state index contributed by atoms with van der Waals surface area (Å²) < 4.78 is 27.8. The highest BCUT2D eigenvalue weighted by Gasteiger charge is 2.29. The van der Waals surface area contributed by atoms with Crippen molar-refractivity contribution in [3.8, 4) is 0 Å². The molecule has 1 atom stereocenters. The van der Waals surface area contributed by atoms with E-state index in [0.717, 1.165) is 16.0 Å². The lowest BCUT2D eigenvalue weighted by atomic mass is 10.1. The number of rotatable bonds is 4. The third-order valence-electron chi connectivity index (χ3n) is 3.54. The Bertz CT molecular complexity index is 764. The quantitative estimate of drug-likeness (QED) is 0.552. The first-order valence-electron chi connectivity index (χ1n) is 7.93. The minimum atomic E-state index is -1.38. The first kappa shape index (κ1) is 18.9. The molecule has 1 saturated heterocycles. The van der Waals surface area contributed by atoms with Crippen LogP contribution in [0.5, 0.6) is 0 Å². The molecule has 0 amide bonds. The van der Waals surface area contributed by atoms with E-state index in [0.29, 0.717) is 23.9 Å². The Morgan fingerprint density at radius 3 is 2.60 bits per heavy atom. The fourth-order valence-corrected chi connectivity index (χ4v) is 3.98. The number of hydrogen-bond donors (Lipinski definition) is 0. The Morgan fingerprint density at radius 1 is 1.24 bits per heavy atom. The van der Waals surface area contributed by atoms with E-state index in [1.165, 1.54) is 0 Å². The molecule has 1 fully saturated rings. The van der Waals surface area contributed by atoms with Crippen molar-refractivity contribution in [3.05, 3.63) is 56.7 Å². The number of benzene rings is 1. The van der Waals surface area contributed by atoms with Crippen molar-refractivity contribution >= 4 is 40.0 Å². The van der Waals surface area contributed by atoms with Crippen LogP contribution < -0.4 is 0 Å². The van der Waals surface area contributed by atoms with Crippen molar-refractivity contribution in [2.24, 2.45) is 4.40 Å². The SMILES string of the molecule is CC(C)(C)[S+]([O-])/N=C(\c1cccc(Cl)c1)c1csc(C2OCCO2)c1. The summed E-state index contributed by atoms with van der Waals surface area (Å²) in [6.45, 7) is 6.91. The molecular formula is C18H20ClNO3S2. The molecule has 1 aromatic carbocycles. The molecule has 3 rings (SSSR count). The second-order valence-electron chi connectivity index (χ2n) is 6.62. The van der Waals surface area contributed by atoms with Crippen LogP contribution in [0.25, 0.3) is 0 Å². The number of halogens is 1. The van der Waals surface area contributed by atoms with Gasteiger partial charge in [0.1, 0.15) is 21.8 Å². The smallest absolute Gasteiger partial charge is 0.193 e. The Labute approximate surface area is 160 Å². The lowest BCUT2D eigenvalue weighted by molar-refractivity contribution is -0.0413. The van der Waals surface area contributed by atoms with Gasteiger partial charge in [0.15, 0.2) is 6.29 Å². The second-order valence-corrected chi connectivity index (χ2v) is 9.91. The van der Waals surface area contributed by atoms with Gasteiger partial charge in [-0.1, -0.05) is 28.1 Å². The predicted octanol–water partition coefficient (Wildman–Crippen LogP) is 4.75. The lowest BCUT2D eigenvalue weighted by Crippen LogP contribution is -2.27. The molecular weight excluding hydrogens is 378 g/mol. The molecule has 1 aliphatic rings. The molecule has 1 aliphatic heterocycles. The number of ether oxygens (including phenoxy) is 2.